The number of anilines is 2. The van der Waals surface area contributed by atoms with Gasteiger partial charge in [-0.25, -0.2) is 23.1 Å². The van der Waals surface area contributed by atoms with Gasteiger partial charge >= 0.3 is 12.1 Å². The van der Waals surface area contributed by atoms with Crippen molar-refractivity contribution in [1.29, 1.82) is 0 Å². The molecular formula is C107H149F2N11O25. The van der Waals surface area contributed by atoms with E-state index in [-0.39, 0.29) is 171 Å². The third-order valence-electron chi connectivity index (χ3n) is 28.4. The molecule has 8 amide bonds. The smallest absolute Gasteiger partial charge is 0.407 e. The molecule has 0 spiro atoms. The summed E-state index contributed by atoms with van der Waals surface area (Å²) in [5.41, 5.74) is 3.86. The largest absolute Gasteiger partial charge is 0.445 e. The van der Waals surface area contributed by atoms with Crippen LogP contribution in [0.5, 0.6) is 0 Å². The summed E-state index contributed by atoms with van der Waals surface area (Å²) in [5, 5.41) is 37.6. The zero-order valence-corrected chi connectivity index (χ0v) is 84.8. The third-order valence-corrected chi connectivity index (χ3v) is 28.4. The average molecular weight is 2030 g/mol. The first-order chi connectivity index (χ1) is 70.0. The zero-order valence-electron chi connectivity index (χ0n) is 84.8. The molecule has 2 unspecified atom stereocenters. The van der Waals surface area contributed by atoms with Crippen molar-refractivity contribution in [3.05, 3.63) is 130 Å². The predicted molar refractivity (Wildman–Crippen MR) is 530 cm³/mol. The number of urea groups is 1. The summed E-state index contributed by atoms with van der Waals surface area (Å²) >= 11 is 0. The number of ketones is 5. The molecule has 1 saturated heterocycles. The maximum Gasteiger partial charge on any atom is 0.407 e. The number of ether oxygens (including phenoxy) is 12. The highest BCUT2D eigenvalue weighted by atomic mass is 19.1. The monoisotopic (exact) mass is 2030 g/mol. The first-order valence-electron chi connectivity index (χ1n) is 51.7. The Hall–Kier alpha value is -10.5. The van der Waals surface area contributed by atoms with E-state index in [1.165, 1.54) is 19.1 Å². The minimum absolute atomic E-state index is 0.0246. The fourth-order valence-electron chi connectivity index (χ4n) is 20.7. The fraction of sp³-hybridized carbons (Fsp3) is 0.645. The Morgan fingerprint density at radius 1 is 0.648 bits per heavy atom. The SMILES string of the molecule is CCCNC(=O)CCOCCOCCOCCOCCn1nnc2c1CCCCCC2OCC(=O)NCCCC[C@@H](CC(=O)CCOCCOCCOCCOCCCC(=O)CCC(=O)N1Cc2ccccc2C#Cc2ccccc21)C(=O)N[C@H](C(=O)C[C@@H](CCCNC(N)=O)C(=O)Nc1ccc(COC(=O)NCC(=O)[C@@]23OC(CCC)O[C@@H]2C[C@H]2[C@@H]4C[C@H](F)C5=CC(=O)C=C[C@]5(C)[C@@]4(F)[C@@H](O)C[C@@]23C)cc1)C(C)C. The highest BCUT2D eigenvalue weighted by Crippen LogP contribution is 2.72. The number of aromatic nitrogens is 3. The van der Waals surface area contributed by atoms with Crippen molar-refractivity contribution in [2.75, 3.05) is 149 Å². The van der Waals surface area contributed by atoms with E-state index < -0.39 is 136 Å². The van der Waals surface area contributed by atoms with Crippen LogP contribution in [0.2, 0.25) is 0 Å². The number of carbonyl (C=O) groups excluding carboxylic acids is 12. The van der Waals surface area contributed by atoms with Gasteiger partial charge in [-0.05, 0) is 161 Å². The molecule has 145 heavy (non-hydrogen) atoms. The minimum atomic E-state index is -2.42. The molecule has 4 aromatic rings. The number of alkyl halides is 2. The average Bonchev–Trinajstić information content (AvgIpc) is 1.52. The Kier molecular flexibility index (Phi) is 46.1. The quantitative estimate of drug-likeness (QED) is 0.0150. The van der Waals surface area contributed by atoms with Crippen molar-refractivity contribution in [3.63, 3.8) is 0 Å². The van der Waals surface area contributed by atoms with Crippen molar-refractivity contribution in [1.82, 2.24) is 41.6 Å². The first kappa shape index (κ1) is 115. The molecule has 11 rings (SSSR count). The molecule has 38 heteroatoms. The second kappa shape index (κ2) is 58.3. The topological polar surface area (TPSA) is 468 Å². The highest BCUT2D eigenvalue weighted by Gasteiger charge is 2.80. The zero-order chi connectivity index (χ0) is 104. The van der Waals surface area contributed by atoms with Crippen LogP contribution in [0.4, 0.5) is 29.7 Å². The summed E-state index contributed by atoms with van der Waals surface area (Å²) < 4.78 is 107. The number of hydrogen-bond donors (Lipinski definition) is 8. The molecule has 0 radical (unpaired) electrons. The Bertz CT molecular complexity index is 5090. The number of nitrogens with two attached hydrogens (primary N) is 1. The number of rotatable bonds is 65. The van der Waals surface area contributed by atoms with E-state index in [0.29, 0.717) is 154 Å². The number of aliphatic hydroxyl groups excluding tert-OH is 1. The second-order valence-electron chi connectivity index (χ2n) is 39.0. The maximum absolute atomic E-state index is 18.1. The van der Waals surface area contributed by atoms with E-state index in [1.54, 1.807) is 49.9 Å². The number of fused-ring (bicyclic) bond motifs is 10. The van der Waals surface area contributed by atoms with Gasteiger partial charge in [-0.2, -0.15) is 0 Å². The molecule has 2 aliphatic heterocycles. The van der Waals surface area contributed by atoms with Gasteiger partial charge in [0.05, 0.1) is 148 Å². The molecule has 3 heterocycles. The van der Waals surface area contributed by atoms with Gasteiger partial charge in [0.1, 0.15) is 42.7 Å². The Balaban J connectivity index is 0.626. The molecule has 0 bridgehead atoms. The number of hydrogen-bond acceptors (Lipinski definition) is 27. The number of nitrogens with one attached hydrogen (secondary N) is 6. The van der Waals surface area contributed by atoms with Crippen LogP contribution in [0.25, 0.3) is 0 Å². The van der Waals surface area contributed by atoms with Gasteiger partial charge in [-0.3, -0.25) is 47.9 Å². The van der Waals surface area contributed by atoms with Crippen LogP contribution in [-0.4, -0.2) is 271 Å². The number of amides is 8. The number of Topliss-reactive ketones (excluding diaryl/α,β-unsaturated/α-hetero) is 4. The number of allylic oxidation sites excluding steroid dienone is 4. The van der Waals surface area contributed by atoms with Gasteiger partial charge in [-0.1, -0.05) is 126 Å². The van der Waals surface area contributed by atoms with Crippen molar-refractivity contribution in [2.24, 2.45) is 46.2 Å². The van der Waals surface area contributed by atoms with E-state index >= 15 is 8.78 Å². The number of primary amides is 1. The highest BCUT2D eigenvalue weighted by molar-refractivity contribution is 6.02. The Morgan fingerprint density at radius 2 is 1.29 bits per heavy atom. The van der Waals surface area contributed by atoms with E-state index in [0.717, 1.165) is 66.3 Å². The summed E-state index contributed by atoms with van der Waals surface area (Å²) in [4.78, 5) is 164. The van der Waals surface area contributed by atoms with E-state index in [4.69, 9.17) is 62.6 Å². The number of halogens is 2. The van der Waals surface area contributed by atoms with Crippen LogP contribution in [0, 0.1) is 52.3 Å². The first-order valence-corrected chi connectivity index (χ1v) is 51.7. The lowest BCUT2D eigenvalue weighted by Crippen LogP contribution is -2.71. The van der Waals surface area contributed by atoms with Crippen LogP contribution in [0.3, 0.4) is 0 Å². The number of aliphatic hydroxyl groups is 1. The number of carbonyl (C=O) groups is 12. The summed E-state index contributed by atoms with van der Waals surface area (Å²) in [6.45, 7) is 16.1. The standard InChI is InChI=1S/C107H149F2N11O25/c1-7-20-97-144-93-66-83-84-65-86(108)85-64-81(122)38-41-104(85,5)106(84,109)91(125)67-105(83,6)107(93,145-97)92(126)68-114-103(133)143-70-73-30-34-79(35-31-73)115-100(130)77(25-18-44-113-102(110)132)63-89(124)98(72(3)4)116-101(131)76(23-16-17-43-112-95(128)71-142-90-29-11-9-10-28-88-99(90)117-118-120(88)45-49-137-53-57-141-61-60-140-56-52-136-48-40-94(127)111-42-8-2)62-82(123)39-47-135-51-55-139-59-58-138-54-50-134-46-19-26-80(121)36-37-96(129)119-69-78-24-13-12-21-74(78)32-33-75-22-14-15-27-87(75)119/h12-15,21-22,24,27,30-31,34-35,38,41,64,72,76-77,83-84,86,90-91,93,97-98,125H,7-11,16-20,23,25-26,28-29,36-37,39-40,42-63,65-71H2,1-6H3,(H,111,127)(H,112,128)(H,114,133)(H,115,130)(H,116,131)(H3,110,113,132)/t76-,77+,83-,84-,86-,90?,91-,93+,97?,98-,104-,105-,106-,107+/m0/s1. The van der Waals surface area contributed by atoms with E-state index in [2.05, 4.69) is 54.1 Å². The number of benzene rings is 3. The van der Waals surface area contributed by atoms with E-state index in [1.807, 2.05) is 67.1 Å². The molecule has 1 aromatic heterocycles. The molecule has 36 nitrogen and oxygen atoms in total. The lowest BCUT2D eigenvalue weighted by Gasteiger charge is -2.63. The molecular weight excluding hydrogens is 1880 g/mol. The molecule has 7 aliphatic rings. The summed E-state index contributed by atoms with van der Waals surface area (Å²) in [7, 11) is 0. The Morgan fingerprint density at radius 3 is 1.99 bits per heavy atom. The fourth-order valence-corrected chi connectivity index (χ4v) is 20.7. The van der Waals surface area contributed by atoms with E-state index in [9.17, 15) is 62.6 Å². The van der Waals surface area contributed by atoms with Crippen LogP contribution in [0.15, 0.2) is 96.6 Å². The van der Waals surface area contributed by atoms with Gasteiger partial charge in [-0.15, -0.1) is 5.10 Å². The minimum Gasteiger partial charge on any atom is -0.445 e. The number of nitrogens with zero attached hydrogens (tertiary/aromatic N) is 4. The maximum atomic E-state index is 18.1. The molecule has 9 N–H and O–H groups in total. The summed E-state index contributed by atoms with van der Waals surface area (Å²) in [5.74, 6) is -1.40. The molecule has 4 fully saturated rings. The molecule has 796 valence electrons. The summed E-state index contributed by atoms with van der Waals surface area (Å²) in [6.07, 6.45) is 4.50. The number of alkyl carbamates (subject to hydrolysis) is 1. The lowest BCUT2D eigenvalue weighted by molar-refractivity contribution is -0.233. The van der Waals surface area contributed by atoms with Crippen molar-refractivity contribution >= 4 is 82.0 Å². The molecule has 3 saturated carbocycles. The van der Waals surface area contributed by atoms with Gasteiger partial charge in [0.2, 0.25) is 29.5 Å². The van der Waals surface area contributed by atoms with Gasteiger partial charge in [0, 0.05) is 117 Å². The Labute approximate surface area is 848 Å². The molecule has 14 atom stereocenters. The third kappa shape index (κ3) is 32.5. The summed E-state index contributed by atoms with van der Waals surface area (Å²) in [6, 6.07) is 19.6. The lowest BCUT2D eigenvalue weighted by atomic mass is 9.44. The molecule has 3 aromatic carbocycles. The van der Waals surface area contributed by atoms with Crippen molar-refractivity contribution < 1.29 is 128 Å². The second-order valence-corrected chi connectivity index (χ2v) is 39.0. The molecule has 5 aliphatic carbocycles. The van der Waals surface area contributed by atoms with Crippen LogP contribution < -0.4 is 42.5 Å². The van der Waals surface area contributed by atoms with Crippen LogP contribution in [-0.2, 0) is 131 Å². The van der Waals surface area contributed by atoms with Crippen LogP contribution >= 0.6 is 0 Å². The number of unbranched alkanes of at least 4 members (excludes halogenated alkanes) is 1. The van der Waals surface area contributed by atoms with Gasteiger partial charge in [0.25, 0.3) is 0 Å². The predicted octanol–water partition coefficient (Wildman–Crippen LogP) is 10.6. The van der Waals surface area contributed by atoms with Crippen LogP contribution in [0.1, 0.15) is 229 Å². The van der Waals surface area contributed by atoms with Crippen molar-refractivity contribution in [2.45, 2.75) is 263 Å². The normalized spacial score (nSPS) is 22.8. The van der Waals surface area contributed by atoms with Gasteiger partial charge in [0.15, 0.2) is 34.9 Å². The number of para-hydroxylation sites is 1. The van der Waals surface area contributed by atoms with Gasteiger partial charge < -0.3 is 104 Å². The van der Waals surface area contributed by atoms with Crippen molar-refractivity contribution in [3.8, 4) is 11.8 Å².